The van der Waals surface area contributed by atoms with Gasteiger partial charge in [0.1, 0.15) is 0 Å². The zero-order chi connectivity index (χ0) is 13.2. The van der Waals surface area contributed by atoms with Crippen LogP contribution in [-0.2, 0) is 0 Å². The Morgan fingerprint density at radius 2 is 2.16 bits per heavy atom. The van der Waals surface area contributed by atoms with Gasteiger partial charge >= 0.3 is 0 Å². The second-order valence-corrected chi connectivity index (χ2v) is 6.16. The molecule has 2 aliphatic heterocycles. The van der Waals surface area contributed by atoms with Crippen LogP contribution in [0, 0.1) is 0 Å². The second-order valence-electron chi connectivity index (χ2n) is 4.68. The van der Waals surface area contributed by atoms with E-state index < -0.39 is 6.23 Å². The summed E-state index contributed by atoms with van der Waals surface area (Å²) in [6.45, 7) is 2.09. The standard InChI is InChI=1S/C14H15ClN2OS/c15-11-5-3-4-10(8-11)9-12-13(18)16-14(19-12)17-6-1-2-7-17/h3-5,8-9,13,18H,1-2,6-7H2/b12-9+. The van der Waals surface area contributed by atoms with Crippen molar-refractivity contribution in [3.63, 3.8) is 0 Å². The number of aliphatic hydroxyl groups excluding tert-OH is 1. The maximum absolute atomic E-state index is 10.0. The van der Waals surface area contributed by atoms with Crippen LogP contribution in [0.15, 0.2) is 34.2 Å². The fourth-order valence-corrected chi connectivity index (χ4v) is 3.50. The molecule has 2 heterocycles. The van der Waals surface area contributed by atoms with Crippen molar-refractivity contribution in [2.24, 2.45) is 4.99 Å². The molecule has 1 aromatic carbocycles. The van der Waals surface area contributed by atoms with E-state index in [1.54, 1.807) is 11.8 Å². The van der Waals surface area contributed by atoms with E-state index in [-0.39, 0.29) is 0 Å². The van der Waals surface area contributed by atoms with Gasteiger partial charge < -0.3 is 10.0 Å². The van der Waals surface area contributed by atoms with Crippen LogP contribution in [-0.4, -0.2) is 34.5 Å². The molecular weight excluding hydrogens is 280 g/mol. The molecule has 0 aliphatic carbocycles. The molecule has 3 rings (SSSR count). The molecule has 1 fully saturated rings. The first-order valence-corrected chi connectivity index (χ1v) is 7.58. The fourth-order valence-electron chi connectivity index (χ4n) is 2.27. The number of rotatable bonds is 1. The Labute approximate surface area is 122 Å². The third kappa shape index (κ3) is 2.96. The van der Waals surface area contributed by atoms with E-state index in [4.69, 9.17) is 11.6 Å². The molecule has 1 saturated heterocycles. The predicted octanol–water partition coefficient (Wildman–Crippen LogP) is 3.20. The Kier molecular flexibility index (Phi) is 3.82. The lowest BCUT2D eigenvalue weighted by molar-refractivity contribution is 0.232. The molecule has 1 atom stereocenters. The number of aliphatic hydroxyl groups is 1. The van der Waals surface area contributed by atoms with Crippen LogP contribution in [0.5, 0.6) is 0 Å². The van der Waals surface area contributed by atoms with Gasteiger partial charge in [0.2, 0.25) is 0 Å². The molecule has 1 unspecified atom stereocenters. The zero-order valence-electron chi connectivity index (χ0n) is 10.4. The predicted molar refractivity (Wildman–Crippen MR) is 81.3 cm³/mol. The SMILES string of the molecule is OC1N=C(N2CCCC2)S/C1=C/c1cccc(Cl)c1. The lowest BCUT2D eigenvalue weighted by atomic mass is 10.2. The van der Waals surface area contributed by atoms with Crippen LogP contribution in [0.25, 0.3) is 6.08 Å². The number of hydrogen-bond acceptors (Lipinski definition) is 4. The molecule has 0 saturated carbocycles. The third-order valence-electron chi connectivity index (χ3n) is 3.23. The number of hydrogen-bond donors (Lipinski definition) is 1. The number of halogens is 1. The third-order valence-corrected chi connectivity index (χ3v) is 4.58. The first kappa shape index (κ1) is 13.0. The topological polar surface area (TPSA) is 35.8 Å². The first-order valence-electron chi connectivity index (χ1n) is 6.38. The number of amidine groups is 1. The van der Waals surface area contributed by atoms with Crippen LogP contribution < -0.4 is 0 Å². The summed E-state index contributed by atoms with van der Waals surface area (Å²) in [7, 11) is 0. The minimum absolute atomic E-state index is 0.701. The van der Waals surface area contributed by atoms with Crippen LogP contribution in [0.2, 0.25) is 5.02 Å². The molecular formula is C14H15ClN2OS. The van der Waals surface area contributed by atoms with Gasteiger partial charge in [-0.2, -0.15) is 0 Å². The maximum Gasteiger partial charge on any atom is 0.180 e. The lowest BCUT2D eigenvalue weighted by Gasteiger charge is -2.15. The molecule has 100 valence electrons. The van der Waals surface area contributed by atoms with Crippen molar-refractivity contribution in [1.82, 2.24) is 4.90 Å². The fraction of sp³-hybridized carbons (Fsp3) is 0.357. The normalized spacial score (nSPS) is 25.2. The minimum Gasteiger partial charge on any atom is -0.367 e. The lowest BCUT2D eigenvalue weighted by Crippen LogP contribution is -2.23. The van der Waals surface area contributed by atoms with Gasteiger partial charge in [-0.15, -0.1) is 0 Å². The van der Waals surface area contributed by atoms with Crippen molar-refractivity contribution in [3.05, 3.63) is 39.8 Å². The van der Waals surface area contributed by atoms with E-state index >= 15 is 0 Å². The van der Waals surface area contributed by atoms with E-state index in [0.29, 0.717) is 5.02 Å². The van der Waals surface area contributed by atoms with Gasteiger partial charge in [-0.25, -0.2) is 4.99 Å². The summed E-state index contributed by atoms with van der Waals surface area (Å²) in [5.41, 5.74) is 0.993. The quantitative estimate of drug-likeness (QED) is 0.864. The zero-order valence-corrected chi connectivity index (χ0v) is 12.0. The Hall–Kier alpha value is -0.970. The van der Waals surface area contributed by atoms with Gasteiger partial charge in [0.05, 0.1) is 0 Å². The molecule has 0 bridgehead atoms. The van der Waals surface area contributed by atoms with Gasteiger partial charge in [0.15, 0.2) is 11.4 Å². The molecule has 3 nitrogen and oxygen atoms in total. The summed E-state index contributed by atoms with van der Waals surface area (Å²) in [5, 5.41) is 11.7. The van der Waals surface area contributed by atoms with E-state index in [0.717, 1.165) is 28.7 Å². The summed E-state index contributed by atoms with van der Waals surface area (Å²) in [5.74, 6) is 0. The molecule has 1 aromatic rings. The summed E-state index contributed by atoms with van der Waals surface area (Å²) in [6, 6.07) is 7.60. The van der Waals surface area contributed by atoms with Crippen molar-refractivity contribution < 1.29 is 5.11 Å². The molecule has 5 heteroatoms. The first-order chi connectivity index (χ1) is 9.22. The van der Waals surface area contributed by atoms with Crippen LogP contribution >= 0.6 is 23.4 Å². The summed E-state index contributed by atoms with van der Waals surface area (Å²) in [6.07, 6.45) is 3.64. The monoisotopic (exact) mass is 294 g/mol. The Bertz CT molecular complexity index is 538. The van der Waals surface area contributed by atoms with Crippen LogP contribution in [0.1, 0.15) is 18.4 Å². The van der Waals surface area contributed by atoms with Crippen molar-refractivity contribution in [1.29, 1.82) is 0 Å². The minimum atomic E-state index is -0.736. The average molecular weight is 295 g/mol. The molecule has 0 aromatic heterocycles. The highest BCUT2D eigenvalue weighted by molar-refractivity contribution is 8.17. The molecule has 0 spiro atoms. The van der Waals surface area contributed by atoms with Gasteiger partial charge in [-0.3, -0.25) is 0 Å². The highest BCUT2D eigenvalue weighted by Gasteiger charge is 2.27. The summed E-state index contributed by atoms with van der Waals surface area (Å²) >= 11 is 7.52. The molecule has 0 amide bonds. The molecule has 1 N–H and O–H groups in total. The van der Waals surface area contributed by atoms with E-state index in [1.807, 2.05) is 30.3 Å². The molecule has 2 aliphatic rings. The Morgan fingerprint density at radius 1 is 1.37 bits per heavy atom. The number of aliphatic imine (C=N–C) groups is 1. The Balaban J connectivity index is 1.77. The largest absolute Gasteiger partial charge is 0.367 e. The summed E-state index contributed by atoms with van der Waals surface area (Å²) in [4.78, 5) is 7.44. The van der Waals surface area contributed by atoms with Crippen LogP contribution in [0.4, 0.5) is 0 Å². The van der Waals surface area contributed by atoms with Crippen molar-refractivity contribution in [2.75, 3.05) is 13.1 Å². The molecule has 19 heavy (non-hydrogen) atoms. The van der Waals surface area contributed by atoms with E-state index in [2.05, 4.69) is 9.89 Å². The second kappa shape index (κ2) is 5.57. The average Bonchev–Trinajstić information content (AvgIpc) is 3.00. The molecule has 0 radical (unpaired) electrons. The Morgan fingerprint density at radius 3 is 2.89 bits per heavy atom. The van der Waals surface area contributed by atoms with E-state index in [1.165, 1.54) is 12.8 Å². The van der Waals surface area contributed by atoms with Crippen LogP contribution in [0.3, 0.4) is 0 Å². The van der Waals surface area contributed by atoms with Gasteiger partial charge in [0.25, 0.3) is 0 Å². The van der Waals surface area contributed by atoms with Crippen molar-refractivity contribution in [3.8, 4) is 0 Å². The van der Waals surface area contributed by atoms with Crippen molar-refractivity contribution in [2.45, 2.75) is 19.1 Å². The summed E-state index contributed by atoms with van der Waals surface area (Å²) < 4.78 is 0. The van der Waals surface area contributed by atoms with Crippen molar-refractivity contribution >= 4 is 34.6 Å². The highest BCUT2D eigenvalue weighted by Crippen LogP contribution is 2.34. The number of benzene rings is 1. The van der Waals surface area contributed by atoms with Gasteiger partial charge in [-0.1, -0.05) is 35.5 Å². The van der Waals surface area contributed by atoms with Gasteiger partial charge in [0, 0.05) is 23.0 Å². The number of likely N-dealkylation sites (tertiary alicyclic amines) is 1. The van der Waals surface area contributed by atoms with E-state index in [9.17, 15) is 5.11 Å². The number of thioether (sulfide) groups is 1. The highest BCUT2D eigenvalue weighted by atomic mass is 35.5. The number of nitrogens with zero attached hydrogens (tertiary/aromatic N) is 2. The van der Waals surface area contributed by atoms with Gasteiger partial charge in [-0.05, 0) is 36.6 Å². The maximum atomic E-state index is 10.0. The smallest absolute Gasteiger partial charge is 0.180 e.